The van der Waals surface area contributed by atoms with Crippen LogP contribution in [0.5, 0.6) is 0 Å². The molecule has 0 aromatic rings. The Morgan fingerprint density at radius 2 is 2.15 bits per heavy atom. The lowest BCUT2D eigenvalue weighted by Crippen LogP contribution is -2.44. The van der Waals surface area contributed by atoms with Gasteiger partial charge in [0.15, 0.2) is 0 Å². The minimum absolute atomic E-state index is 0.137. The smallest absolute Gasteiger partial charge is 0.310 e. The minimum Gasteiger partial charge on any atom is -0.481 e. The highest BCUT2D eigenvalue weighted by Gasteiger charge is 2.20. The van der Waals surface area contributed by atoms with E-state index in [-0.39, 0.29) is 13.2 Å². The molecule has 0 heterocycles. The molecule has 0 unspecified atom stereocenters. The molecule has 78 valence electrons. The lowest BCUT2D eigenvalue weighted by molar-refractivity contribution is -0.143. The van der Waals surface area contributed by atoms with E-state index in [1.165, 1.54) is 7.11 Å². The van der Waals surface area contributed by atoms with Crippen LogP contribution in [0.4, 0.5) is 0 Å². The first-order valence-electron chi connectivity index (χ1n) is 4.06. The third kappa shape index (κ3) is 6.51. The van der Waals surface area contributed by atoms with Gasteiger partial charge in [0.05, 0.1) is 12.5 Å². The fourth-order valence-electron chi connectivity index (χ4n) is 0.792. The standard InChI is InChI=1S/C8H17NO4/c1-8(2,12)9-4-6(5-13-3)7(10)11/h6,9,12H,4-5H2,1-3H3,(H,10,11)/t6-/m1/s1. The Bertz CT molecular complexity index is 164. The van der Waals surface area contributed by atoms with Crippen LogP contribution >= 0.6 is 0 Å². The third-order valence-electron chi connectivity index (χ3n) is 1.50. The predicted molar refractivity (Wildman–Crippen MR) is 47.3 cm³/mol. The molecule has 5 nitrogen and oxygen atoms in total. The van der Waals surface area contributed by atoms with E-state index in [4.69, 9.17) is 9.84 Å². The molecule has 5 heteroatoms. The molecule has 0 saturated heterocycles. The molecule has 0 aliphatic rings. The van der Waals surface area contributed by atoms with Crippen LogP contribution < -0.4 is 5.32 Å². The van der Waals surface area contributed by atoms with Gasteiger partial charge in [-0.15, -0.1) is 0 Å². The van der Waals surface area contributed by atoms with Gasteiger partial charge in [-0.1, -0.05) is 0 Å². The van der Waals surface area contributed by atoms with E-state index in [1.54, 1.807) is 13.8 Å². The monoisotopic (exact) mass is 191 g/mol. The van der Waals surface area contributed by atoms with Crippen LogP contribution in [0.1, 0.15) is 13.8 Å². The minimum atomic E-state index is -1.05. The second-order valence-corrected chi connectivity index (χ2v) is 3.43. The number of rotatable bonds is 6. The number of carboxylic acids is 1. The Balaban J connectivity index is 3.90. The van der Waals surface area contributed by atoms with Gasteiger partial charge in [0, 0.05) is 13.7 Å². The first-order chi connectivity index (χ1) is 5.87. The second-order valence-electron chi connectivity index (χ2n) is 3.43. The average molecular weight is 191 g/mol. The van der Waals surface area contributed by atoms with Crippen molar-refractivity contribution in [3.8, 4) is 0 Å². The van der Waals surface area contributed by atoms with Gasteiger partial charge in [0.2, 0.25) is 0 Å². The average Bonchev–Trinajstić information content (AvgIpc) is 1.95. The Morgan fingerprint density at radius 3 is 2.46 bits per heavy atom. The molecule has 0 spiro atoms. The van der Waals surface area contributed by atoms with Crippen molar-refractivity contribution in [1.29, 1.82) is 0 Å². The molecule has 0 saturated carbocycles. The van der Waals surface area contributed by atoms with E-state index in [9.17, 15) is 9.90 Å². The van der Waals surface area contributed by atoms with E-state index in [0.29, 0.717) is 0 Å². The van der Waals surface area contributed by atoms with Crippen molar-refractivity contribution in [3.05, 3.63) is 0 Å². The van der Waals surface area contributed by atoms with E-state index >= 15 is 0 Å². The Kier molecular flexibility index (Phi) is 4.90. The van der Waals surface area contributed by atoms with Gasteiger partial charge in [-0.2, -0.15) is 0 Å². The maximum Gasteiger partial charge on any atom is 0.310 e. The lowest BCUT2D eigenvalue weighted by atomic mass is 10.1. The zero-order valence-corrected chi connectivity index (χ0v) is 8.20. The zero-order chi connectivity index (χ0) is 10.5. The molecule has 0 bridgehead atoms. The number of ether oxygens (including phenoxy) is 1. The molecule has 0 amide bonds. The van der Waals surface area contributed by atoms with E-state index in [2.05, 4.69) is 5.32 Å². The van der Waals surface area contributed by atoms with Crippen LogP contribution in [-0.4, -0.2) is 42.2 Å². The maximum absolute atomic E-state index is 10.6. The topological polar surface area (TPSA) is 78.8 Å². The van der Waals surface area contributed by atoms with E-state index < -0.39 is 17.6 Å². The quantitative estimate of drug-likeness (QED) is 0.500. The van der Waals surface area contributed by atoms with E-state index in [1.807, 2.05) is 0 Å². The molecule has 0 aliphatic heterocycles. The number of nitrogens with one attached hydrogen (secondary N) is 1. The summed E-state index contributed by atoms with van der Waals surface area (Å²) in [5.41, 5.74) is -1.05. The first kappa shape index (κ1) is 12.3. The van der Waals surface area contributed by atoms with Gasteiger partial charge < -0.3 is 14.9 Å². The molecule has 0 radical (unpaired) electrons. The van der Waals surface area contributed by atoms with Crippen LogP contribution in [0.3, 0.4) is 0 Å². The highest BCUT2D eigenvalue weighted by Crippen LogP contribution is 2.00. The molecule has 1 atom stereocenters. The fourth-order valence-corrected chi connectivity index (χ4v) is 0.792. The summed E-state index contributed by atoms with van der Waals surface area (Å²) < 4.78 is 4.73. The third-order valence-corrected chi connectivity index (χ3v) is 1.50. The Hall–Kier alpha value is -0.650. The molecule has 0 aliphatic carbocycles. The van der Waals surface area contributed by atoms with Gasteiger partial charge in [0.1, 0.15) is 5.72 Å². The number of methoxy groups -OCH3 is 1. The Labute approximate surface area is 77.7 Å². The highest BCUT2D eigenvalue weighted by molar-refractivity contribution is 5.70. The maximum atomic E-state index is 10.6. The molecule has 0 aromatic carbocycles. The van der Waals surface area contributed by atoms with Gasteiger partial charge in [-0.3, -0.25) is 10.1 Å². The summed E-state index contributed by atoms with van der Waals surface area (Å²) in [6.07, 6.45) is 0. The van der Waals surface area contributed by atoms with Gasteiger partial charge in [-0.25, -0.2) is 0 Å². The summed E-state index contributed by atoms with van der Waals surface area (Å²) in [6, 6.07) is 0. The van der Waals surface area contributed by atoms with Gasteiger partial charge in [-0.05, 0) is 13.8 Å². The van der Waals surface area contributed by atoms with Crippen LogP contribution in [0.25, 0.3) is 0 Å². The number of carbonyl (C=O) groups is 1. The van der Waals surface area contributed by atoms with Crippen molar-refractivity contribution < 1.29 is 19.7 Å². The second kappa shape index (κ2) is 5.16. The fraction of sp³-hybridized carbons (Fsp3) is 0.875. The number of hydrogen-bond donors (Lipinski definition) is 3. The van der Waals surface area contributed by atoms with E-state index in [0.717, 1.165) is 0 Å². The van der Waals surface area contributed by atoms with Crippen molar-refractivity contribution in [3.63, 3.8) is 0 Å². The molecule has 3 N–H and O–H groups in total. The van der Waals surface area contributed by atoms with Crippen LogP contribution in [0.15, 0.2) is 0 Å². The van der Waals surface area contributed by atoms with Crippen molar-refractivity contribution in [2.24, 2.45) is 5.92 Å². The molecular formula is C8H17NO4. The first-order valence-corrected chi connectivity index (χ1v) is 4.06. The molecular weight excluding hydrogens is 174 g/mol. The predicted octanol–water partition coefficient (Wildman–Crippen LogP) is -0.348. The number of aliphatic hydroxyl groups is 1. The summed E-state index contributed by atoms with van der Waals surface area (Å²) >= 11 is 0. The summed E-state index contributed by atoms with van der Waals surface area (Å²) in [6.45, 7) is 3.43. The van der Waals surface area contributed by atoms with Crippen LogP contribution in [-0.2, 0) is 9.53 Å². The van der Waals surface area contributed by atoms with Crippen LogP contribution in [0, 0.1) is 5.92 Å². The summed E-state index contributed by atoms with van der Waals surface area (Å²) in [5, 5.41) is 20.7. The van der Waals surface area contributed by atoms with Crippen LogP contribution in [0.2, 0.25) is 0 Å². The Morgan fingerprint density at radius 1 is 1.62 bits per heavy atom. The zero-order valence-electron chi connectivity index (χ0n) is 8.20. The molecule has 0 aromatic heterocycles. The van der Waals surface area contributed by atoms with Crippen molar-refractivity contribution in [1.82, 2.24) is 5.32 Å². The largest absolute Gasteiger partial charge is 0.481 e. The van der Waals surface area contributed by atoms with Gasteiger partial charge >= 0.3 is 5.97 Å². The molecule has 13 heavy (non-hydrogen) atoms. The lowest BCUT2D eigenvalue weighted by Gasteiger charge is -2.21. The van der Waals surface area contributed by atoms with Crippen molar-refractivity contribution in [2.45, 2.75) is 19.6 Å². The number of hydrogen-bond acceptors (Lipinski definition) is 4. The number of carboxylic acid groups (broad SMARTS) is 1. The highest BCUT2D eigenvalue weighted by atomic mass is 16.5. The van der Waals surface area contributed by atoms with Crippen molar-refractivity contribution >= 4 is 5.97 Å². The van der Waals surface area contributed by atoms with Crippen molar-refractivity contribution in [2.75, 3.05) is 20.3 Å². The number of aliphatic carboxylic acids is 1. The molecule has 0 rings (SSSR count). The summed E-state index contributed by atoms with van der Waals surface area (Å²) in [7, 11) is 1.44. The summed E-state index contributed by atoms with van der Waals surface area (Å²) in [5.74, 6) is -1.56. The molecule has 0 fully saturated rings. The summed E-state index contributed by atoms with van der Waals surface area (Å²) in [4.78, 5) is 10.6. The normalized spacial score (nSPS) is 14.2. The SMILES string of the molecule is COC[C@@H](CNC(C)(C)O)C(=O)O. The van der Waals surface area contributed by atoms with Gasteiger partial charge in [0.25, 0.3) is 0 Å².